The van der Waals surface area contributed by atoms with Crippen molar-refractivity contribution in [1.82, 2.24) is 9.97 Å². The van der Waals surface area contributed by atoms with E-state index in [-0.39, 0.29) is 5.41 Å². The second-order valence-corrected chi connectivity index (χ2v) is 14.2. The lowest BCUT2D eigenvalue weighted by Gasteiger charge is -2.25. The molecule has 0 spiro atoms. The van der Waals surface area contributed by atoms with Crippen LogP contribution < -0.4 is 9.47 Å². The zero-order valence-corrected chi connectivity index (χ0v) is 29.4. The Morgan fingerprint density at radius 2 is 1.02 bits per heavy atom. The van der Waals surface area contributed by atoms with Gasteiger partial charge in [0.25, 0.3) is 0 Å². The van der Waals surface area contributed by atoms with Crippen LogP contribution in [0.4, 0.5) is 0 Å². The minimum absolute atomic E-state index is 0.127. The van der Waals surface area contributed by atoms with Gasteiger partial charge in [0.2, 0.25) is 0 Å². The monoisotopic (exact) mass is 682 g/mol. The maximum absolute atomic E-state index is 6.78. The Bertz CT molecular complexity index is 2700. The van der Waals surface area contributed by atoms with Gasteiger partial charge in [0, 0.05) is 27.7 Å². The Labute approximate surface area is 309 Å². The van der Waals surface area contributed by atoms with Gasteiger partial charge in [0.1, 0.15) is 0 Å². The third-order valence-electron chi connectivity index (χ3n) is 10.6. The third kappa shape index (κ3) is 5.22. The number of benzene rings is 7. The SMILES string of the molecule is CC1(C)c2ccccc2-c2c1ccc1c2Oc2cc(-c3cccc(-c4cc(-c5ccccc5-c5ccccc5)nc(-c5ccccc5)n4)c3)ccc2O1. The van der Waals surface area contributed by atoms with Crippen molar-refractivity contribution in [3.63, 3.8) is 0 Å². The molecular weight excluding hydrogens is 649 g/mol. The highest BCUT2D eigenvalue weighted by molar-refractivity contribution is 5.89. The van der Waals surface area contributed by atoms with E-state index in [1.807, 2.05) is 36.4 Å². The van der Waals surface area contributed by atoms with Gasteiger partial charge in [-0.05, 0) is 69.3 Å². The lowest BCUT2D eigenvalue weighted by Crippen LogP contribution is -2.15. The van der Waals surface area contributed by atoms with Crippen LogP contribution in [0.1, 0.15) is 25.0 Å². The number of hydrogen-bond acceptors (Lipinski definition) is 4. The predicted octanol–water partition coefficient (Wildman–Crippen LogP) is 13.0. The average molecular weight is 683 g/mol. The summed E-state index contributed by atoms with van der Waals surface area (Å²) in [5.74, 6) is 3.59. The predicted molar refractivity (Wildman–Crippen MR) is 213 cm³/mol. The van der Waals surface area contributed by atoms with Crippen LogP contribution in [0.2, 0.25) is 0 Å². The zero-order chi connectivity index (χ0) is 35.5. The second-order valence-electron chi connectivity index (χ2n) is 14.2. The van der Waals surface area contributed by atoms with Gasteiger partial charge in [-0.3, -0.25) is 0 Å². The molecule has 0 saturated carbocycles. The minimum Gasteiger partial charge on any atom is -0.449 e. The number of rotatable bonds is 5. The average Bonchev–Trinajstić information content (AvgIpc) is 3.46. The van der Waals surface area contributed by atoms with Crippen molar-refractivity contribution >= 4 is 0 Å². The fourth-order valence-electron chi connectivity index (χ4n) is 7.89. The molecule has 10 rings (SSSR count). The molecule has 1 aromatic heterocycles. The summed E-state index contributed by atoms with van der Waals surface area (Å²) >= 11 is 0. The van der Waals surface area contributed by atoms with Crippen LogP contribution in [0.15, 0.2) is 170 Å². The van der Waals surface area contributed by atoms with Crippen LogP contribution in [-0.4, -0.2) is 9.97 Å². The van der Waals surface area contributed by atoms with Gasteiger partial charge in [0.15, 0.2) is 28.8 Å². The van der Waals surface area contributed by atoms with Crippen molar-refractivity contribution in [2.45, 2.75) is 19.3 Å². The van der Waals surface area contributed by atoms with Crippen LogP contribution in [0.5, 0.6) is 23.0 Å². The van der Waals surface area contributed by atoms with Crippen LogP contribution in [0.3, 0.4) is 0 Å². The van der Waals surface area contributed by atoms with Crippen molar-refractivity contribution in [2.75, 3.05) is 0 Å². The first kappa shape index (κ1) is 31.0. The summed E-state index contributed by atoms with van der Waals surface area (Å²) in [5, 5.41) is 0. The molecule has 0 bridgehead atoms. The van der Waals surface area contributed by atoms with E-state index in [4.69, 9.17) is 19.4 Å². The molecule has 4 heteroatoms. The van der Waals surface area contributed by atoms with E-state index >= 15 is 0 Å². The smallest absolute Gasteiger partial charge is 0.178 e. The highest BCUT2D eigenvalue weighted by Gasteiger charge is 2.39. The van der Waals surface area contributed by atoms with Gasteiger partial charge in [-0.15, -0.1) is 0 Å². The fraction of sp³-hybridized carbons (Fsp3) is 0.0612. The Hall–Kier alpha value is -6.78. The summed E-state index contributed by atoms with van der Waals surface area (Å²) in [6.07, 6.45) is 0. The van der Waals surface area contributed by atoms with Crippen molar-refractivity contribution in [2.24, 2.45) is 0 Å². The minimum atomic E-state index is -0.127. The summed E-state index contributed by atoms with van der Waals surface area (Å²) in [6, 6.07) is 58.7. The molecule has 252 valence electrons. The Morgan fingerprint density at radius 1 is 0.396 bits per heavy atom. The maximum atomic E-state index is 6.78. The molecule has 0 atom stereocenters. The summed E-state index contributed by atoms with van der Waals surface area (Å²) in [4.78, 5) is 10.3. The van der Waals surface area contributed by atoms with Crippen LogP contribution in [0.25, 0.3) is 67.3 Å². The Kier molecular flexibility index (Phi) is 7.12. The molecule has 7 aromatic carbocycles. The lowest BCUT2D eigenvalue weighted by atomic mass is 9.82. The topological polar surface area (TPSA) is 44.2 Å². The molecule has 0 N–H and O–H groups in total. The van der Waals surface area contributed by atoms with E-state index in [0.717, 1.165) is 67.4 Å². The number of ether oxygens (including phenoxy) is 2. The number of nitrogens with zero attached hydrogens (tertiary/aromatic N) is 2. The number of hydrogen-bond donors (Lipinski definition) is 0. The van der Waals surface area contributed by atoms with Gasteiger partial charge in [0.05, 0.1) is 11.4 Å². The van der Waals surface area contributed by atoms with Gasteiger partial charge in [-0.2, -0.15) is 0 Å². The molecule has 4 nitrogen and oxygen atoms in total. The van der Waals surface area contributed by atoms with Crippen molar-refractivity contribution < 1.29 is 9.47 Å². The first-order chi connectivity index (χ1) is 26.0. The van der Waals surface area contributed by atoms with E-state index < -0.39 is 0 Å². The molecular formula is C49H34N2O2. The number of aromatic nitrogens is 2. The zero-order valence-electron chi connectivity index (χ0n) is 29.4. The van der Waals surface area contributed by atoms with Crippen molar-refractivity contribution in [3.8, 4) is 90.3 Å². The van der Waals surface area contributed by atoms with E-state index in [0.29, 0.717) is 17.3 Å². The highest BCUT2D eigenvalue weighted by Crippen LogP contribution is 2.58. The van der Waals surface area contributed by atoms with Gasteiger partial charge < -0.3 is 9.47 Å². The highest BCUT2D eigenvalue weighted by atomic mass is 16.6. The van der Waals surface area contributed by atoms with E-state index in [1.54, 1.807) is 0 Å². The Balaban J connectivity index is 1.05. The van der Waals surface area contributed by atoms with Crippen LogP contribution in [-0.2, 0) is 5.41 Å². The first-order valence-corrected chi connectivity index (χ1v) is 18.0. The largest absolute Gasteiger partial charge is 0.449 e. The molecule has 2 aliphatic rings. The molecule has 0 fully saturated rings. The van der Waals surface area contributed by atoms with Gasteiger partial charge >= 0.3 is 0 Å². The summed E-state index contributed by atoms with van der Waals surface area (Å²) < 4.78 is 13.3. The molecule has 53 heavy (non-hydrogen) atoms. The van der Waals surface area contributed by atoms with Gasteiger partial charge in [-0.1, -0.05) is 153 Å². The molecule has 0 radical (unpaired) electrons. The van der Waals surface area contributed by atoms with E-state index in [2.05, 4.69) is 147 Å². The van der Waals surface area contributed by atoms with E-state index in [1.165, 1.54) is 16.7 Å². The molecule has 0 saturated heterocycles. The fourth-order valence-corrected chi connectivity index (χ4v) is 7.89. The molecule has 1 aliphatic carbocycles. The molecule has 2 heterocycles. The standard InChI is InChI=1S/C49H34N2O2/c1-49(2)39-23-12-11-22-38(39)46-40(49)25-27-44-47(46)53-45-29-34(24-26-43(45)52-44)33-18-13-19-35(28-33)41-30-42(51-48(50-41)32-16-7-4-8-17-32)37-21-10-9-20-36(37)31-14-5-3-6-15-31/h3-30H,1-2H3. The summed E-state index contributed by atoms with van der Waals surface area (Å²) in [7, 11) is 0. The van der Waals surface area contributed by atoms with Crippen LogP contribution >= 0.6 is 0 Å². The van der Waals surface area contributed by atoms with Gasteiger partial charge in [-0.25, -0.2) is 9.97 Å². The maximum Gasteiger partial charge on any atom is 0.178 e. The molecule has 0 amide bonds. The molecule has 1 aliphatic heterocycles. The molecule has 0 unspecified atom stereocenters. The number of fused-ring (bicyclic) bond motifs is 6. The quantitative estimate of drug-likeness (QED) is 0.181. The third-order valence-corrected chi connectivity index (χ3v) is 10.6. The summed E-state index contributed by atoms with van der Waals surface area (Å²) in [6.45, 7) is 4.55. The Morgan fingerprint density at radius 3 is 1.83 bits per heavy atom. The van der Waals surface area contributed by atoms with E-state index in [9.17, 15) is 0 Å². The first-order valence-electron chi connectivity index (χ1n) is 18.0. The summed E-state index contributed by atoms with van der Waals surface area (Å²) in [5.41, 5.74) is 13.8. The van der Waals surface area contributed by atoms with Crippen molar-refractivity contribution in [1.29, 1.82) is 0 Å². The normalized spacial score (nSPS) is 13.2. The van der Waals surface area contributed by atoms with Crippen LogP contribution in [0, 0.1) is 0 Å². The second kappa shape index (κ2) is 12.2. The molecule has 8 aromatic rings. The van der Waals surface area contributed by atoms with Crippen molar-refractivity contribution in [3.05, 3.63) is 181 Å². The lowest BCUT2D eigenvalue weighted by molar-refractivity contribution is 0.360.